The van der Waals surface area contributed by atoms with Crippen LogP contribution in [0.1, 0.15) is 10.4 Å². The van der Waals surface area contributed by atoms with Gasteiger partial charge >= 0.3 is 5.97 Å². The molecule has 0 unspecified atom stereocenters. The van der Waals surface area contributed by atoms with Crippen molar-refractivity contribution in [1.82, 2.24) is 4.98 Å². The molecular formula is C12H8FNO2. The van der Waals surface area contributed by atoms with Crippen molar-refractivity contribution in [1.29, 1.82) is 0 Å². The summed E-state index contributed by atoms with van der Waals surface area (Å²) in [6.45, 7) is 0. The average molecular weight is 217 g/mol. The number of carboxylic acids is 1. The Morgan fingerprint density at radius 3 is 2.75 bits per heavy atom. The van der Waals surface area contributed by atoms with Crippen LogP contribution in [0.3, 0.4) is 0 Å². The minimum Gasteiger partial charge on any atom is -0.478 e. The minimum absolute atomic E-state index is 0.0558. The van der Waals surface area contributed by atoms with E-state index in [0.717, 1.165) is 6.07 Å². The molecule has 80 valence electrons. The van der Waals surface area contributed by atoms with Gasteiger partial charge in [-0.25, -0.2) is 9.18 Å². The number of carboxylic acid groups (broad SMARTS) is 1. The van der Waals surface area contributed by atoms with Crippen molar-refractivity contribution in [3.8, 4) is 11.1 Å². The summed E-state index contributed by atoms with van der Waals surface area (Å²) in [7, 11) is 0. The molecule has 0 fully saturated rings. The van der Waals surface area contributed by atoms with E-state index in [9.17, 15) is 9.18 Å². The van der Waals surface area contributed by atoms with Gasteiger partial charge in [0.15, 0.2) is 0 Å². The molecule has 0 bridgehead atoms. The number of pyridine rings is 1. The van der Waals surface area contributed by atoms with Crippen molar-refractivity contribution in [3.63, 3.8) is 0 Å². The van der Waals surface area contributed by atoms with E-state index in [-0.39, 0.29) is 11.1 Å². The Kier molecular flexibility index (Phi) is 2.64. The molecule has 1 aromatic heterocycles. The smallest absolute Gasteiger partial charge is 0.335 e. The highest BCUT2D eigenvalue weighted by atomic mass is 19.1. The molecule has 0 amide bonds. The maximum absolute atomic E-state index is 13.5. The molecule has 0 aliphatic rings. The number of aromatic carboxylic acids is 1. The number of aromatic nitrogens is 1. The second-order valence-electron chi connectivity index (χ2n) is 3.24. The molecule has 0 saturated heterocycles. The summed E-state index contributed by atoms with van der Waals surface area (Å²) in [6.07, 6.45) is 3.06. The Morgan fingerprint density at radius 2 is 2.12 bits per heavy atom. The lowest BCUT2D eigenvalue weighted by molar-refractivity contribution is 0.0697. The number of carbonyl (C=O) groups is 1. The molecule has 0 atom stereocenters. The first-order valence-corrected chi connectivity index (χ1v) is 4.62. The minimum atomic E-state index is -1.08. The van der Waals surface area contributed by atoms with Gasteiger partial charge in [0.1, 0.15) is 5.82 Å². The predicted octanol–water partition coefficient (Wildman–Crippen LogP) is 2.59. The van der Waals surface area contributed by atoms with Crippen molar-refractivity contribution in [2.75, 3.05) is 0 Å². The Bertz CT molecular complexity index is 526. The first kappa shape index (κ1) is 10.3. The Balaban J connectivity index is 2.56. The van der Waals surface area contributed by atoms with Crippen LogP contribution >= 0.6 is 0 Å². The number of nitrogens with zero attached hydrogens (tertiary/aromatic N) is 1. The fourth-order valence-electron chi connectivity index (χ4n) is 1.40. The van der Waals surface area contributed by atoms with Crippen LogP contribution < -0.4 is 0 Å². The number of benzene rings is 1. The van der Waals surface area contributed by atoms with Gasteiger partial charge in [0.25, 0.3) is 0 Å². The predicted molar refractivity (Wildman–Crippen MR) is 56.6 cm³/mol. The van der Waals surface area contributed by atoms with Crippen LogP contribution in [0.5, 0.6) is 0 Å². The second-order valence-corrected chi connectivity index (χ2v) is 3.24. The van der Waals surface area contributed by atoms with E-state index in [4.69, 9.17) is 5.11 Å². The lowest BCUT2D eigenvalue weighted by Gasteiger charge is -2.03. The first-order chi connectivity index (χ1) is 7.68. The summed E-state index contributed by atoms with van der Waals surface area (Å²) in [5.41, 5.74) is 0.858. The van der Waals surface area contributed by atoms with E-state index in [1.165, 1.54) is 18.3 Å². The van der Waals surface area contributed by atoms with Gasteiger partial charge in [-0.3, -0.25) is 4.98 Å². The number of hydrogen-bond donors (Lipinski definition) is 1. The normalized spacial score (nSPS) is 10.1. The van der Waals surface area contributed by atoms with Crippen LogP contribution in [0.4, 0.5) is 4.39 Å². The highest BCUT2D eigenvalue weighted by molar-refractivity contribution is 5.89. The van der Waals surface area contributed by atoms with E-state index in [1.54, 1.807) is 18.3 Å². The third kappa shape index (κ3) is 1.91. The summed E-state index contributed by atoms with van der Waals surface area (Å²) in [5, 5.41) is 8.81. The van der Waals surface area contributed by atoms with Gasteiger partial charge in [0.05, 0.1) is 5.56 Å². The summed E-state index contributed by atoms with van der Waals surface area (Å²) < 4.78 is 13.5. The highest BCUT2D eigenvalue weighted by Gasteiger charge is 2.09. The van der Waals surface area contributed by atoms with Gasteiger partial charge in [-0.15, -0.1) is 0 Å². The van der Waals surface area contributed by atoms with Crippen LogP contribution in [-0.4, -0.2) is 16.1 Å². The lowest BCUT2D eigenvalue weighted by Crippen LogP contribution is -1.97. The zero-order chi connectivity index (χ0) is 11.5. The number of hydrogen-bond acceptors (Lipinski definition) is 2. The van der Waals surface area contributed by atoms with Gasteiger partial charge in [0, 0.05) is 23.5 Å². The fraction of sp³-hybridized carbons (Fsp3) is 0. The van der Waals surface area contributed by atoms with Gasteiger partial charge in [-0.1, -0.05) is 6.07 Å². The third-order valence-corrected chi connectivity index (χ3v) is 2.19. The highest BCUT2D eigenvalue weighted by Crippen LogP contribution is 2.22. The molecule has 0 radical (unpaired) electrons. The molecule has 2 rings (SSSR count). The molecule has 0 spiro atoms. The van der Waals surface area contributed by atoms with Crippen molar-refractivity contribution >= 4 is 5.97 Å². The van der Waals surface area contributed by atoms with Gasteiger partial charge in [-0.2, -0.15) is 0 Å². The monoisotopic (exact) mass is 217 g/mol. The molecule has 2 aromatic rings. The summed E-state index contributed by atoms with van der Waals surface area (Å²) >= 11 is 0. The fourth-order valence-corrected chi connectivity index (χ4v) is 1.40. The summed E-state index contributed by atoms with van der Waals surface area (Å²) in [6, 6.07) is 7.03. The van der Waals surface area contributed by atoms with Crippen LogP contribution in [0.15, 0.2) is 42.7 Å². The van der Waals surface area contributed by atoms with Crippen LogP contribution in [0.25, 0.3) is 11.1 Å². The molecule has 0 aliphatic carbocycles. The molecule has 1 N–H and O–H groups in total. The van der Waals surface area contributed by atoms with Crippen LogP contribution in [-0.2, 0) is 0 Å². The molecule has 16 heavy (non-hydrogen) atoms. The van der Waals surface area contributed by atoms with Crippen molar-refractivity contribution < 1.29 is 14.3 Å². The van der Waals surface area contributed by atoms with Gasteiger partial charge < -0.3 is 5.11 Å². The average Bonchev–Trinajstić information content (AvgIpc) is 2.30. The SMILES string of the molecule is O=C(O)c1ccc(F)c(-c2cccnc2)c1. The van der Waals surface area contributed by atoms with Gasteiger partial charge in [-0.05, 0) is 24.3 Å². The number of halogens is 1. The van der Waals surface area contributed by atoms with E-state index >= 15 is 0 Å². The van der Waals surface area contributed by atoms with E-state index in [2.05, 4.69) is 4.98 Å². The molecular weight excluding hydrogens is 209 g/mol. The Labute approximate surface area is 91.2 Å². The van der Waals surface area contributed by atoms with Gasteiger partial charge in [0.2, 0.25) is 0 Å². The van der Waals surface area contributed by atoms with E-state index in [1.807, 2.05) is 0 Å². The quantitative estimate of drug-likeness (QED) is 0.841. The first-order valence-electron chi connectivity index (χ1n) is 4.62. The van der Waals surface area contributed by atoms with Crippen molar-refractivity contribution in [2.24, 2.45) is 0 Å². The Morgan fingerprint density at radius 1 is 1.31 bits per heavy atom. The molecule has 4 heteroatoms. The largest absolute Gasteiger partial charge is 0.478 e. The lowest BCUT2D eigenvalue weighted by atomic mass is 10.0. The Hall–Kier alpha value is -2.23. The third-order valence-electron chi connectivity index (χ3n) is 2.19. The molecule has 1 heterocycles. The summed E-state index contributed by atoms with van der Waals surface area (Å²) in [5.74, 6) is -1.54. The zero-order valence-electron chi connectivity index (χ0n) is 8.22. The standard InChI is InChI=1S/C12H8FNO2/c13-11-4-3-8(12(15)16)6-10(11)9-2-1-5-14-7-9/h1-7H,(H,15,16). The molecule has 1 aromatic carbocycles. The number of rotatable bonds is 2. The van der Waals surface area contributed by atoms with Crippen LogP contribution in [0.2, 0.25) is 0 Å². The zero-order valence-corrected chi connectivity index (χ0v) is 8.22. The maximum Gasteiger partial charge on any atom is 0.335 e. The maximum atomic E-state index is 13.5. The van der Waals surface area contributed by atoms with E-state index < -0.39 is 11.8 Å². The molecule has 0 saturated carbocycles. The van der Waals surface area contributed by atoms with Crippen molar-refractivity contribution in [2.45, 2.75) is 0 Å². The van der Waals surface area contributed by atoms with Crippen LogP contribution in [0, 0.1) is 5.82 Å². The topological polar surface area (TPSA) is 50.2 Å². The molecule has 3 nitrogen and oxygen atoms in total. The summed E-state index contributed by atoms with van der Waals surface area (Å²) in [4.78, 5) is 14.6. The van der Waals surface area contributed by atoms with Crippen molar-refractivity contribution in [3.05, 3.63) is 54.1 Å². The molecule has 0 aliphatic heterocycles. The van der Waals surface area contributed by atoms with E-state index in [0.29, 0.717) is 5.56 Å². The second kappa shape index (κ2) is 4.10.